The second-order valence-corrected chi connectivity index (χ2v) is 4.79. The van der Waals surface area contributed by atoms with Gasteiger partial charge < -0.3 is 9.84 Å². The van der Waals surface area contributed by atoms with Crippen LogP contribution in [0.1, 0.15) is 21.6 Å². The number of aromatic nitrogens is 2. The van der Waals surface area contributed by atoms with E-state index in [1.165, 1.54) is 13.4 Å². The number of rotatable bonds is 5. The number of hydrogen-bond donors (Lipinski definition) is 1. The molecule has 20 heavy (non-hydrogen) atoms. The first-order valence-corrected chi connectivity index (χ1v) is 6.65. The Morgan fingerprint density at radius 2 is 2.15 bits per heavy atom. The molecule has 1 heterocycles. The Balaban J connectivity index is 2.39. The zero-order chi connectivity index (χ0) is 14.5. The minimum Gasteiger partial charge on any atom is -0.504 e. The van der Waals surface area contributed by atoms with Crippen molar-refractivity contribution >= 4 is 28.0 Å². The van der Waals surface area contributed by atoms with E-state index in [2.05, 4.69) is 21.0 Å². The average Bonchev–Trinajstić information content (AvgIpc) is 2.75. The van der Waals surface area contributed by atoms with Gasteiger partial charge in [-0.2, -0.15) is 5.10 Å². The molecule has 0 spiro atoms. The van der Waals surface area contributed by atoms with E-state index >= 15 is 0 Å². The summed E-state index contributed by atoms with van der Waals surface area (Å²) in [5.74, 6) is -1.08. The predicted molar refractivity (Wildman–Crippen MR) is 78.5 cm³/mol. The Labute approximate surface area is 124 Å². The monoisotopic (exact) mass is 336 g/mol. The van der Waals surface area contributed by atoms with Gasteiger partial charge in [0.05, 0.1) is 19.9 Å². The lowest BCUT2D eigenvalue weighted by molar-refractivity contribution is 0.0689. The first-order chi connectivity index (χ1) is 9.63. The van der Waals surface area contributed by atoms with Gasteiger partial charge >= 0.3 is 5.97 Å². The molecule has 0 atom stereocenters. The van der Waals surface area contributed by atoms with Crippen LogP contribution in [-0.2, 0) is 11.3 Å². The molecule has 0 aliphatic carbocycles. The summed E-state index contributed by atoms with van der Waals surface area (Å²) in [6.45, 7) is 0.489. The van der Waals surface area contributed by atoms with Crippen molar-refractivity contribution in [2.75, 3.05) is 7.11 Å². The van der Waals surface area contributed by atoms with Crippen LogP contribution in [0, 0.1) is 0 Å². The summed E-state index contributed by atoms with van der Waals surface area (Å²) >= 11 is 3.39. The highest BCUT2D eigenvalue weighted by Gasteiger charge is 2.19. The summed E-state index contributed by atoms with van der Waals surface area (Å²) in [6, 6.07) is 9.70. The van der Waals surface area contributed by atoms with Gasteiger partial charge in [0.1, 0.15) is 4.60 Å². The summed E-state index contributed by atoms with van der Waals surface area (Å²) in [6.07, 6.45) is 2.99. The third-order valence-corrected chi connectivity index (χ3v) is 3.51. The van der Waals surface area contributed by atoms with Crippen molar-refractivity contribution in [2.24, 2.45) is 0 Å². The van der Waals surface area contributed by atoms with Crippen molar-refractivity contribution in [1.82, 2.24) is 9.78 Å². The molecule has 6 heteroatoms. The molecule has 0 aliphatic rings. The van der Waals surface area contributed by atoms with Gasteiger partial charge in [0.25, 0.3) is 0 Å². The normalized spacial score (nSPS) is 10.9. The van der Waals surface area contributed by atoms with Crippen molar-refractivity contribution in [3.63, 3.8) is 0 Å². The molecule has 0 aliphatic heterocycles. The molecule has 0 saturated heterocycles. The molecular weight excluding hydrogens is 324 g/mol. The maximum Gasteiger partial charge on any atom is 0.357 e. The van der Waals surface area contributed by atoms with Gasteiger partial charge in [-0.05, 0) is 27.6 Å². The lowest BCUT2D eigenvalue weighted by Crippen LogP contribution is -2.04. The van der Waals surface area contributed by atoms with Gasteiger partial charge in [-0.3, -0.25) is 4.68 Å². The van der Waals surface area contributed by atoms with Crippen LogP contribution in [0.4, 0.5) is 0 Å². The van der Waals surface area contributed by atoms with Crippen molar-refractivity contribution in [3.8, 4) is 0 Å². The summed E-state index contributed by atoms with van der Waals surface area (Å²) in [4.78, 5) is 11.2. The number of carboxylic acid groups (broad SMARTS) is 1. The summed E-state index contributed by atoms with van der Waals surface area (Å²) in [5.41, 5.74) is 1.51. The second-order valence-electron chi connectivity index (χ2n) is 4.04. The van der Waals surface area contributed by atoms with E-state index in [1.54, 1.807) is 10.8 Å². The summed E-state index contributed by atoms with van der Waals surface area (Å²) in [7, 11) is 1.50. The second kappa shape index (κ2) is 6.38. The fourth-order valence-electron chi connectivity index (χ4n) is 1.76. The number of methoxy groups -OCH3 is 1. The smallest absolute Gasteiger partial charge is 0.357 e. The number of hydrogen-bond acceptors (Lipinski definition) is 3. The molecule has 2 aromatic rings. The fourth-order valence-corrected chi connectivity index (χ4v) is 2.28. The molecule has 104 valence electrons. The number of halogens is 1. The molecule has 1 aromatic carbocycles. The van der Waals surface area contributed by atoms with Gasteiger partial charge in [0, 0.05) is 5.56 Å². The summed E-state index contributed by atoms with van der Waals surface area (Å²) < 4.78 is 7.04. The van der Waals surface area contributed by atoms with Crippen LogP contribution in [-0.4, -0.2) is 28.0 Å². The van der Waals surface area contributed by atoms with Gasteiger partial charge in [-0.15, -0.1) is 0 Å². The van der Waals surface area contributed by atoms with E-state index in [0.29, 0.717) is 16.7 Å². The SMILES string of the molecule is COC=Cc1c(C(=O)O)nn(Cc2ccccc2)c1Br. The first kappa shape index (κ1) is 14.3. The third-order valence-electron chi connectivity index (χ3n) is 2.67. The number of benzene rings is 1. The van der Waals surface area contributed by atoms with E-state index in [1.807, 2.05) is 30.3 Å². The van der Waals surface area contributed by atoms with Crippen LogP contribution in [0.5, 0.6) is 0 Å². The van der Waals surface area contributed by atoms with E-state index in [0.717, 1.165) is 5.56 Å². The highest BCUT2D eigenvalue weighted by molar-refractivity contribution is 9.10. The quantitative estimate of drug-likeness (QED) is 0.852. The number of aromatic carboxylic acids is 1. The maximum absolute atomic E-state index is 11.2. The van der Waals surface area contributed by atoms with Crippen LogP contribution in [0.3, 0.4) is 0 Å². The van der Waals surface area contributed by atoms with E-state index in [4.69, 9.17) is 4.74 Å². The largest absolute Gasteiger partial charge is 0.504 e. The zero-order valence-electron chi connectivity index (χ0n) is 10.8. The first-order valence-electron chi connectivity index (χ1n) is 5.86. The molecule has 0 unspecified atom stereocenters. The minimum atomic E-state index is -1.08. The van der Waals surface area contributed by atoms with E-state index in [-0.39, 0.29) is 5.69 Å². The lowest BCUT2D eigenvalue weighted by Gasteiger charge is -2.03. The Bertz CT molecular complexity index is 635. The number of carbonyl (C=O) groups is 1. The van der Waals surface area contributed by atoms with Crippen LogP contribution >= 0.6 is 15.9 Å². The molecule has 0 bridgehead atoms. The van der Waals surface area contributed by atoms with Crippen molar-refractivity contribution < 1.29 is 14.6 Å². The molecule has 0 fully saturated rings. The van der Waals surface area contributed by atoms with E-state index in [9.17, 15) is 9.90 Å². The van der Waals surface area contributed by atoms with Gasteiger partial charge in [0.15, 0.2) is 5.69 Å². The molecule has 0 radical (unpaired) electrons. The van der Waals surface area contributed by atoms with Crippen LogP contribution < -0.4 is 0 Å². The third kappa shape index (κ3) is 3.08. The standard InChI is InChI=1S/C14H13BrN2O3/c1-20-8-7-11-12(14(18)19)16-17(13(11)15)9-10-5-3-2-4-6-10/h2-8H,9H2,1H3,(H,18,19). The fraction of sp³-hybridized carbons (Fsp3) is 0.143. The number of nitrogens with zero attached hydrogens (tertiary/aromatic N) is 2. The predicted octanol–water partition coefficient (Wildman–Crippen LogP) is 3.01. The molecule has 0 amide bonds. The van der Waals surface area contributed by atoms with Gasteiger partial charge in [-0.1, -0.05) is 30.3 Å². The van der Waals surface area contributed by atoms with Gasteiger partial charge in [0.2, 0.25) is 0 Å². The molecule has 0 saturated carbocycles. The highest BCUT2D eigenvalue weighted by Crippen LogP contribution is 2.23. The summed E-state index contributed by atoms with van der Waals surface area (Å²) in [5, 5.41) is 13.3. The van der Waals surface area contributed by atoms with Crippen molar-refractivity contribution in [1.29, 1.82) is 0 Å². The minimum absolute atomic E-state index is 0.0129. The van der Waals surface area contributed by atoms with Crippen LogP contribution in [0.2, 0.25) is 0 Å². The Morgan fingerprint density at radius 3 is 2.75 bits per heavy atom. The van der Waals surface area contributed by atoms with Gasteiger partial charge in [-0.25, -0.2) is 4.79 Å². The molecule has 5 nitrogen and oxygen atoms in total. The van der Waals surface area contributed by atoms with Crippen LogP contribution in [0.15, 0.2) is 41.2 Å². The Morgan fingerprint density at radius 1 is 1.45 bits per heavy atom. The molecule has 2 rings (SSSR count). The lowest BCUT2D eigenvalue weighted by atomic mass is 10.2. The van der Waals surface area contributed by atoms with Crippen molar-refractivity contribution in [2.45, 2.75) is 6.54 Å². The molecule has 1 aromatic heterocycles. The highest BCUT2D eigenvalue weighted by atomic mass is 79.9. The van der Waals surface area contributed by atoms with Crippen molar-refractivity contribution in [3.05, 3.63) is 58.0 Å². The number of ether oxygens (including phenoxy) is 1. The Hall–Kier alpha value is -2.08. The topological polar surface area (TPSA) is 64.3 Å². The average molecular weight is 337 g/mol. The Kier molecular flexibility index (Phi) is 4.57. The van der Waals surface area contributed by atoms with Crippen LogP contribution in [0.25, 0.3) is 6.08 Å². The van der Waals surface area contributed by atoms with E-state index < -0.39 is 5.97 Å². The number of carboxylic acids is 1. The molecule has 1 N–H and O–H groups in total. The maximum atomic E-state index is 11.2. The molecular formula is C14H13BrN2O3. The zero-order valence-corrected chi connectivity index (χ0v) is 12.4.